The van der Waals surface area contributed by atoms with Gasteiger partial charge in [0.2, 0.25) is 0 Å². The van der Waals surface area contributed by atoms with Gasteiger partial charge in [-0.15, -0.1) is 0 Å². The maximum Gasteiger partial charge on any atom is 0.0474 e. The van der Waals surface area contributed by atoms with E-state index in [1.54, 1.807) is 0 Å². The number of fused-ring (bicyclic) bond motifs is 3. The van der Waals surface area contributed by atoms with Crippen LogP contribution in [0.5, 0.6) is 0 Å². The molecular formula is C22H22N2. The van der Waals surface area contributed by atoms with Crippen LogP contribution in [0.25, 0.3) is 32.9 Å². The molecule has 0 aliphatic heterocycles. The third-order valence-electron chi connectivity index (χ3n) is 5.27. The zero-order valence-electron chi connectivity index (χ0n) is 14.6. The molecule has 0 radical (unpaired) electrons. The molecule has 0 aliphatic carbocycles. The molecule has 0 unspecified atom stereocenters. The molecule has 2 heteroatoms. The number of H-pyrrole nitrogens is 1. The summed E-state index contributed by atoms with van der Waals surface area (Å²) in [6.07, 6.45) is 0. The summed E-state index contributed by atoms with van der Waals surface area (Å²) in [5.41, 5.74) is 17.0. The van der Waals surface area contributed by atoms with Gasteiger partial charge >= 0.3 is 0 Å². The Labute approximate surface area is 142 Å². The first-order chi connectivity index (χ1) is 11.5. The summed E-state index contributed by atoms with van der Waals surface area (Å²) in [7, 11) is 0. The highest BCUT2D eigenvalue weighted by molar-refractivity contribution is 6.12. The molecule has 0 atom stereocenters. The molecule has 3 aromatic carbocycles. The number of nitrogens with two attached hydrogens (primary N) is 1. The van der Waals surface area contributed by atoms with E-state index in [1.165, 1.54) is 49.6 Å². The van der Waals surface area contributed by atoms with Gasteiger partial charge in [-0.3, -0.25) is 0 Å². The highest BCUT2D eigenvalue weighted by Crippen LogP contribution is 2.39. The van der Waals surface area contributed by atoms with E-state index in [4.69, 9.17) is 5.73 Å². The lowest BCUT2D eigenvalue weighted by Crippen LogP contribution is -1.96. The Kier molecular flexibility index (Phi) is 3.17. The lowest BCUT2D eigenvalue weighted by Gasteiger charge is -2.15. The van der Waals surface area contributed by atoms with E-state index in [-0.39, 0.29) is 0 Å². The van der Waals surface area contributed by atoms with Crippen LogP contribution in [0.3, 0.4) is 0 Å². The summed E-state index contributed by atoms with van der Waals surface area (Å²) < 4.78 is 0. The van der Waals surface area contributed by atoms with Crippen LogP contribution in [0.2, 0.25) is 0 Å². The minimum atomic E-state index is 0.837. The number of aromatic nitrogens is 1. The number of aryl methyl sites for hydroxylation is 3. The highest BCUT2D eigenvalue weighted by atomic mass is 14.7. The molecule has 120 valence electrons. The second-order valence-corrected chi connectivity index (χ2v) is 6.76. The normalized spacial score (nSPS) is 11.5. The average molecular weight is 314 g/mol. The molecule has 3 N–H and O–H groups in total. The van der Waals surface area contributed by atoms with Gasteiger partial charge in [-0.05, 0) is 73.7 Å². The highest BCUT2D eigenvalue weighted by Gasteiger charge is 2.16. The number of anilines is 1. The van der Waals surface area contributed by atoms with Crippen molar-refractivity contribution in [1.82, 2.24) is 4.98 Å². The van der Waals surface area contributed by atoms with Gasteiger partial charge in [-0.2, -0.15) is 0 Å². The monoisotopic (exact) mass is 314 g/mol. The van der Waals surface area contributed by atoms with Crippen molar-refractivity contribution in [2.45, 2.75) is 27.7 Å². The number of aromatic amines is 1. The van der Waals surface area contributed by atoms with Crippen molar-refractivity contribution in [2.24, 2.45) is 0 Å². The first-order valence-corrected chi connectivity index (χ1v) is 8.35. The number of benzene rings is 3. The van der Waals surface area contributed by atoms with Crippen LogP contribution in [0.4, 0.5) is 5.69 Å². The molecule has 4 aromatic rings. The third kappa shape index (κ3) is 1.96. The SMILES string of the molecule is Cc1cccc(N)c1-c1cc2[nH]c3cccc(C)c3c2c(C)c1C. The van der Waals surface area contributed by atoms with Crippen molar-refractivity contribution in [3.05, 3.63) is 64.7 Å². The van der Waals surface area contributed by atoms with Crippen LogP contribution in [0.15, 0.2) is 42.5 Å². The largest absolute Gasteiger partial charge is 0.398 e. The molecule has 0 bridgehead atoms. The number of nitrogen functional groups attached to an aromatic ring is 1. The number of hydrogen-bond donors (Lipinski definition) is 2. The zero-order valence-corrected chi connectivity index (χ0v) is 14.6. The molecule has 2 nitrogen and oxygen atoms in total. The van der Waals surface area contributed by atoms with E-state index in [0.717, 1.165) is 11.3 Å². The van der Waals surface area contributed by atoms with Crippen LogP contribution >= 0.6 is 0 Å². The van der Waals surface area contributed by atoms with E-state index in [1.807, 2.05) is 12.1 Å². The standard InChI is InChI=1S/C22H22N2/c1-12-7-5-9-17(23)20(12)16-11-19-22(15(4)14(16)3)21-13(2)8-6-10-18(21)24-19/h5-11,24H,23H2,1-4H3. The molecule has 0 spiro atoms. The lowest BCUT2D eigenvalue weighted by molar-refractivity contribution is 1.36. The summed E-state index contributed by atoms with van der Waals surface area (Å²) >= 11 is 0. The third-order valence-corrected chi connectivity index (χ3v) is 5.27. The number of hydrogen-bond acceptors (Lipinski definition) is 1. The summed E-state index contributed by atoms with van der Waals surface area (Å²) in [4.78, 5) is 3.60. The van der Waals surface area contributed by atoms with E-state index in [9.17, 15) is 0 Å². The second kappa shape index (κ2) is 5.13. The predicted molar refractivity (Wildman–Crippen MR) is 105 cm³/mol. The van der Waals surface area contributed by atoms with Crippen molar-refractivity contribution in [2.75, 3.05) is 5.73 Å². The van der Waals surface area contributed by atoms with Crippen LogP contribution in [-0.4, -0.2) is 4.98 Å². The second-order valence-electron chi connectivity index (χ2n) is 6.76. The molecule has 0 saturated heterocycles. The molecule has 1 aromatic heterocycles. The maximum atomic E-state index is 6.31. The first-order valence-electron chi connectivity index (χ1n) is 8.35. The Morgan fingerprint density at radius 1 is 0.750 bits per heavy atom. The van der Waals surface area contributed by atoms with E-state index >= 15 is 0 Å². The Bertz CT molecular complexity index is 1080. The quantitative estimate of drug-likeness (QED) is 0.428. The van der Waals surface area contributed by atoms with Crippen LogP contribution < -0.4 is 5.73 Å². The summed E-state index contributed by atoms with van der Waals surface area (Å²) in [6, 6.07) is 14.8. The van der Waals surface area contributed by atoms with Gasteiger partial charge in [-0.1, -0.05) is 24.3 Å². The molecule has 0 saturated carbocycles. The fourth-order valence-electron chi connectivity index (χ4n) is 3.90. The first kappa shape index (κ1) is 14.8. The number of rotatable bonds is 1. The number of nitrogens with one attached hydrogen (secondary N) is 1. The van der Waals surface area contributed by atoms with Gasteiger partial charge in [0.1, 0.15) is 0 Å². The van der Waals surface area contributed by atoms with Gasteiger partial charge in [0, 0.05) is 33.1 Å². The van der Waals surface area contributed by atoms with Crippen LogP contribution in [-0.2, 0) is 0 Å². The smallest absolute Gasteiger partial charge is 0.0474 e. The summed E-state index contributed by atoms with van der Waals surface area (Å²) in [5, 5.41) is 2.66. The van der Waals surface area contributed by atoms with E-state index < -0.39 is 0 Å². The van der Waals surface area contributed by atoms with Gasteiger partial charge in [-0.25, -0.2) is 0 Å². The van der Waals surface area contributed by atoms with Crippen molar-refractivity contribution in [3.8, 4) is 11.1 Å². The zero-order chi connectivity index (χ0) is 17.0. The van der Waals surface area contributed by atoms with Crippen molar-refractivity contribution >= 4 is 27.5 Å². The molecular weight excluding hydrogens is 292 g/mol. The molecule has 24 heavy (non-hydrogen) atoms. The lowest BCUT2D eigenvalue weighted by atomic mass is 9.90. The topological polar surface area (TPSA) is 41.8 Å². The molecule has 0 amide bonds. The predicted octanol–water partition coefficient (Wildman–Crippen LogP) is 5.80. The Hall–Kier alpha value is -2.74. The molecule has 0 aliphatic rings. The van der Waals surface area contributed by atoms with Crippen LogP contribution in [0, 0.1) is 27.7 Å². The fraction of sp³-hybridized carbons (Fsp3) is 0.182. The Balaban J connectivity index is 2.16. The van der Waals surface area contributed by atoms with Gasteiger partial charge < -0.3 is 10.7 Å². The van der Waals surface area contributed by atoms with E-state index in [2.05, 4.69) is 63.0 Å². The van der Waals surface area contributed by atoms with Gasteiger partial charge in [0.05, 0.1) is 0 Å². The molecule has 0 fully saturated rings. The van der Waals surface area contributed by atoms with Crippen molar-refractivity contribution in [1.29, 1.82) is 0 Å². The summed E-state index contributed by atoms with van der Waals surface area (Å²) in [5.74, 6) is 0. The Morgan fingerprint density at radius 2 is 1.46 bits per heavy atom. The van der Waals surface area contributed by atoms with Crippen molar-refractivity contribution in [3.63, 3.8) is 0 Å². The van der Waals surface area contributed by atoms with Gasteiger partial charge in [0.25, 0.3) is 0 Å². The van der Waals surface area contributed by atoms with Crippen molar-refractivity contribution < 1.29 is 0 Å². The minimum absolute atomic E-state index is 0.837. The summed E-state index contributed by atoms with van der Waals surface area (Å²) in [6.45, 7) is 8.72. The average Bonchev–Trinajstić information content (AvgIpc) is 2.91. The fourth-order valence-corrected chi connectivity index (χ4v) is 3.90. The van der Waals surface area contributed by atoms with Gasteiger partial charge in [0.15, 0.2) is 0 Å². The van der Waals surface area contributed by atoms with E-state index in [0.29, 0.717) is 0 Å². The molecule has 1 heterocycles. The van der Waals surface area contributed by atoms with Crippen LogP contribution in [0.1, 0.15) is 22.3 Å². The molecule has 4 rings (SSSR count). The maximum absolute atomic E-state index is 6.31. The minimum Gasteiger partial charge on any atom is -0.398 e. The Morgan fingerprint density at radius 3 is 2.21 bits per heavy atom.